The second-order valence-corrected chi connectivity index (χ2v) is 3.86. The molecule has 0 aromatic heterocycles. The van der Waals surface area contributed by atoms with Gasteiger partial charge in [-0.25, -0.2) is 0 Å². The molecule has 4 heteroatoms. The first-order chi connectivity index (χ1) is 8.69. The summed E-state index contributed by atoms with van der Waals surface area (Å²) in [6.45, 7) is 5.55. The monoisotopic (exact) mass is 252 g/mol. The van der Waals surface area contributed by atoms with Crippen molar-refractivity contribution in [2.24, 2.45) is 0 Å². The van der Waals surface area contributed by atoms with Crippen LogP contribution in [0.25, 0.3) is 0 Å². The molecule has 1 aromatic rings. The number of methoxy groups -OCH3 is 1. The number of ether oxygens (including phenoxy) is 3. The van der Waals surface area contributed by atoms with Gasteiger partial charge in [0.1, 0.15) is 5.75 Å². The Morgan fingerprint density at radius 3 is 2.67 bits per heavy atom. The highest BCUT2D eigenvalue weighted by Gasteiger charge is 2.07. The quantitative estimate of drug-likeness (QED) is 0.526. The van der Waals surface area contributed by atoms with Gasteiger partial charge < -0.3 is 14.2 Å². The van der Waals surface area contributed by atoms with E-state index < -0.39 is 0 Å². The van der Waals surface area contributed by atoms with E-state index in [1.165, 1.54) is 0 Å². The van der Waals surface area contributed by atoms with Crippen molar-refractivity contribution in [3.63, 3.8) is 0 Å². The molecule has 18 heavy (non-hydrogen) atoms. The van der Waals surface area contributed by atoms with Crippen LogP contribution < -0.4 is 4.74 Å². The Balaban J connectivity index is 2.75. The van der Waals surface area contributed by atoms with E-state index in [0.717, 1.165) is 11.3 Å². The highest BCUT2D eigenvalue weighted by Crippen LogP contribution is 2.21. The van der Waals surface area contributed by atoms with Gasteiger partial charge in [-0.15, -0.1) is 0 Å². The minimum Gasteiger partial charge on any atom is -0.494 e. The van der Waals surface area contributed by atoms with Gasteiger partial charge in [-0.1, -0.05) is 0 Å². The first-order valence-corrected chi connectivity index (χ1v) is 6.02. The molecule has 0 saturated carbocycles. The molecule has 0 aliphatic carbocycles. The maximum absolute atomic E-state index is 11.3. The highest BCUT2D eigenvalue weighted by atomic mass is 16.5. The molecule has 0 atom stereocenters. The van der Waals surface area contributed by atoms with Crippen molar-refractivity contribution in [3.05, 3.63) is 29.3 Å². The van der Waals surface area contributed by atoms with Crippen LogP contribution in [-0.4, -0.2) is 32.7 Å². The fraction of sp³-hybridized carbons (Fsp3) is 0.500. The number of hydrogen-bond donors (Lipinski definition) is 0. The van der Waals surface area contributed by atoms with E-state index in [4.69, 9.17) is 14.2 Å². The summed E-state index contributed by atoms with van der Waals surface area (Å²) in [6.07, 6.45) is 0. The number of benzene rings is 1. The summed E-state index contributed by atoms with van der Waals surface area (Å²) in [7, 11) is 1.63. The third-order valence-corrected chi connectivity index (χ3v) is 2.46. The summed E-state index contributed by atoms with van der Waals surface area (Å²) in [5.41, 5.74) is 1.56. The summed E-state index contributed by atoms with van der Waals surface area (Å²) in [6, 6.07) is 5.40. The molecule has 0 spiro atoms. The van der Waals surface area contributed by atoms with E-state index in [1.807, 2.05) is 19.1 Å². The van der Waals surface area contributed by atoms with E-state index in [0.29, 0.717) is 32.0 Å². The van der Waals surface area contributed by atoms with Crippen LogP contribution >= 0.6 is 0 Å². The van der Waals surface area contributed by atoms with E-state index in [2.05, 4.69) is 0 Å². The van der Waals surface area contributed by atoms with Crippen molar-refractivity contribution < 1.29 is 19.0 Å². The number of carbonyl (C=O) groups excluding carboxylic acids is 1. The second kappa shape index (κ2) is 7.84. The Kier molecular flexibility index (Phi) is 6.39. The second-order valence-electron chi connectivity index (χ2n) is 3.86. The molecule has 0 radical (unpaired) electrons. The van der Waals surface area contributed by atoms with Crippen LogP contribution in [0.3, 0.4) is 0 Å². The lowest BCUT2D eigenvalue weighted by atomic mass is 10.1. The number of rotatable bonds is 8. The van der Waals surface area contributed by atoms with Crippen molar-refractivity contribution in [2.45, 2.75) is 20.5 Å². The van der Waals surface area contributed by atoms with Gasteiger partial charge in [0.05, 0.1) is 26.4 Å². The molecule has 0 N–H and O–H groups in total. The number of hydrogen-bond acceptors (Lipinski definition) is 4. The molecular formula is C14H20O4. The molecule has 0 aliphatic rings. The molecule has 100 valence electrons. The van der Waals surface area contributed by atoms with Crippen LogP contribution in [0.15, 0.2) is 18.2 Å². The third-order valence-electron chi connectivity index (χ3n) is 2.46. The minimum absolute atomic E-state index is 0.0381. The fourth-order valence-corrected chi connectivity index (χ4v) is 1.53. The highest BCUT2D eigenvalue weighted by molar-refractivity contribution is 5.94. The topological polar surface area (TPSA) is 44.8 Å². The first kappa shape index (κ1) is 14.7. The maximum Gasteiger partial charge on any atom is 0.159 e. The third kappa shape index (κ3) is 4.47. The molecule has 1 rings (SSSR count). The van der Waals surface area contributed by atoms with Gasteiger partial charge >= 0.3 is 0 Å². The van der Waals surface area contributed by atoms with Crippen molar-refractivity contribution in [3.8, 4) is 5.75 Å². The van der Waals surface area contributed by atoms with Crippen molar-refractivity contribution >= 4 is 5.78 Å². The van der Waals surface area contributed by atoms with Gasteiger partial charge in [-0.05, 0) is 32.0 Å². The predicted molar refractivity (Wildman–Crippen MR) is 69.1 cm³/mol. The van der Waals surface area contributed by atoms with Gasteiger partial charge in [0.2, 0.25) is 0 Å². The lowest BCUT2D eigenvalue weighted by molar-refractivity contribution is 0.0605. The molecular weight excluding hydrogens is 232 g/mol. The normalized spacial score (nSPS) is 10.4. The van der Waals surface area contributed by atoms with Gasteiger partial charge in [-0.3, -0.25) is 4.79 Å². The predicted octanol–water partition coefficient (Wildman–Crippen LogP) is 2.45. The average molecular weight is 252 g/mol. The van der Waals surface area contributed by atoms with Crippen molar-refractivity contribution in [1.82, 2.24) is 0 Å². The van der Waals surface area contributed by atoms with Crippen molar-refractivity contribution in [1.29, 1.82) is 0 Å². The van der Waals surface area contributed by atoms with Crippen LogP contribution in [0.2, 0.25) is 0 Å². The average Bonchev–Trinajstić information content (AvgIpc) is 2.36. The first-order valence-electron chi connectivity index (χ1n) is 6.02. The van der Waals surface area contributed by atoms with Crippen LogP contribution in [0, 0.1) is 0 Å². The molecule has 0 aliphatic heterocycles. The molecule has 1 aromatic carbocycles. The Labute approximate surface area is 108 Å². The molecule has 0 fully saturated rings. The molecule has 0 bridgehead atoms. The Morgan fingerprint density at radius 2 is 2.06 bits per heavy atom. The number of Topliss-reactive ketones (excluding diaryl/α,β-unsaturated/α-hetero) is 1. The smallest absolute Gasteiger partial charge is 0.159 e. The lowest BCUT2D eigenvalue weighted by Gasteiger charge is -2.11. The summed E-state index contributed by atoms with van der Waals surface area (Å²) in [5.74, 6) is 0.802. The van der Waals surface area contributed by atoms with Crippen molar-refractivity contribution in [2.75, 3.05) is 26.9 Å². The molecule has 0 unspecified atom stereocenters. The van der Waals surface area contributed by atoms with Crippen LogP contribution in [0.4, 0.5) is 0 Å². The minimum atomic E-state index is 0.0381. The number of carbonyl (C=O) groups is 1. The SMILES string of the molecule is CCOc1ccc(C(C)=O)cc1COCCOC. The van der Waals surface area contributed by atoms with E-state index in [9.17, 15) is 4.79 Å². The van der Waals surface area contributed by atoms with Gasteiger partial charge in [0, 0.05) is 18.2 Å². The summed E-state index contributed by atoms with van der Waals surface area (Å²) < 4.78 is 15.9. The Bertz CT molecular complexity index is 387. The largest absolute Gasteiger partial charge is 0.494 e. The Hall–Kier alpha value is -1.39. The van der Waals surface area contributed by atoms with Gasteiger partial charge in [0.15, 0.2) is 5.78 Å². The molecule has 4 nitrogen and oxygen atoms in total. The lowest BCUT2D eigenvalue weighted by Crippen LogP contribution is -2.05. The zero-order valence-electron chi connectivity index (χ0n) is 11.2. The summed E-state index contributed by atoms with van der Waals surface area (Å²) >= 11 is 0. The Morgan fingerprint density at radius 1 is 1.28 bits per heavy atom. The summed E-state index contributed by atoms with van der Waals surface area (Å²) in [5, 5.41) is 0. The van der Waals surface area contributed by atoms with E-state index >= 15 is 0 Å². The zero-order chi connectivity index (χ0) is 13.4. The molecule has 0 heterocycles. The molecule has 0 amide bonds. The van der Waals surface area contributed by atoms with Crippen LogP contribution in [0.5, 0.6) is 5.75 Å². The summed E-state index contributed by atoms with van der Waals surface area (Å²) in [4.78, 5) is 11.3. The zero-order valence-corrected chi connectivity index (χ0v) is 11.2. The maximum atomic E-state index is 11.3. The fourth-order valence-electron chi connectivity index (χ4n) is 1.53. The van der Waals surface area contributed by atoms with Gasteiger partial charge in [-0.2, -0.15) is 0 Å². The van der Waals surface area contributed by atoms with E-state index in [1.54, 1.807) is 20.1 Å². The van der Waals surface area contributed by atoms with Crippen LogP contribution in [-0.2, 0) is 16.1 Å². The van der Waals surface area contributed by atoms with Crippen LogP contribution in [0.1, 0.15) is 29.8 Å². The molecule has 0 saturated heterocycles. The van der Waals surface area contributed by atoms with Gasteiger partial charge in [0.25, 0.3) is 0 Å². The van der Waals surface area contributed by atoms with E-state index in [-0.39, 0.29) is 5.78 Å². The number of ketones is 1. The standard InChI is InChI=1S/C14H20O4/c1-4-18-14-6-5-12(11(2)15)9-13(14)10-17-8-7-16-3/h5-6,9H,4,7-8,10H2,1-3H3.